The van der Waals surface area contributed by atoms with Crippen LogP contribution in [0.25, 0.3) is 0 Å². The van der Waals surface area contributed by atoms with Crippen molar-refractivity contribution >= 4 is 26.0 Å². The van der Waals surface area contributed by atoms with E-state index in [1.54, 1.807) is 12.1 Å². The molecule has 5 heteroatoms. The van der Waals surface area contributed by atoms with Gasteiger partial charge in [-0.3, -0.25) is 0 Å². The lowest BCUT2D eigenvalue weighted by atomic mass is 9.87. The van der Waals surface area contributed by atoms with Crippen molar-refractivity contribution < 1.29 is 8.42 Å². The smallest absolute Gasteiger partial charge is 0.207 e. The number of aryl methyl sites for hydroxylation is 1. The number of hydrogen-bond donors (Lipinski definition) is 0. The normalized spacial score (nSPS) is 19.4. The van der Waals surface area contributed by atoms with Crippen LogP contribution in [0.3, 0.4) is 0 Å². The largest absolute Gasteiger partial charge is 0.243 e. The highest BCUT2D eigenvalue weighted by molar-refractivity contribution is 9.10. The first-order chi connectivity index (χ1) is 11.4. The van der Waals surface area contributed by atoms with Crippen LogP contribution in [-0.2, 0) is 10.0 Å². The van der Waals surface area contributed by atoms with Crippen LogP contribution in [0.2, 0.25) is 0 Å². The molecule has 1 fully saturated rings. The summed E-state index contributed by atoms with van der Waals surface area (Å²) < 4.78 is 28.2. The molecule has 1 aliphatic heterocycles. The number of nitrogens with zero attached hydrogens (tertiary/aromatic N) is 1. The second-order valence-corrected chi connectivity index (χ2v) is 9.06. The van der Waals surface area contributed by atoms with Gasteiger partial charge >= 0.3 is 0 Å². The Labute approximate surface area is 152 Å². The molecule has 1 atom stereocenters. The molecule has 3 nitrogen and oxygen atoms in total. The monoisotopic (exact) mass is 405 g/mol. The van der Waals surface area contributed by atoms with E-state index in [2.05, 4.69) is 34.6 Å². The minimum Gasteiger partial charge on any atom is -0.207 e. The summed E-state index contributed by atoms with van der Waals surface area (Å²) in [6.07, 6.45) is 0.756. The molecule has 1 heterocycles. The summed E-state index contributed by atoms with van der Waals surface area (Å²) in [6, 6.07) is 15.2. The second-order valence-electron chi connectivity index (χ2n) is 6.20. The van der Waals surface area contributed by atoms with Crippen LogP contribution in [0.15, 0.2) is 70.1 Å². The van der Waals surface area contributed by atoms with E-state index in [0.29, 0.717) is 18.0 Å². The van der Waals surface area contributed by atoms with E-state index in [0.717, 1.165) is 22.0 Å². The summed E-state index contributed by atoms with van der Waals surface area (Å²) in [6.45, 7) is 6.98. The topological polar surface area (TPSA) is 37.4 Å². The molecular weight excluding hydrogens is 386 g/mol. The van der Waals surface area contributed by atoms with E-state index in [4.69, 9.17) is 0 Å². The van der Waals surface area contributed by atoms with E-state index in [-0.39, 0.29) is 5.92 Å². The van der Waals surface area contributed by atoms with Crippen molar-refractivity contribution in [2.24, 2.45) is 0 Å². The Morgan fingerprint density at radius 1 is 1.08 bits per heavy atom. The van der Waals surface area contributed by atoms with Gasteiger partial charge in [-0.25, -0.2) is 8.42 Å². The molecule has 0 aromatic heterocycles. The maximum atomic E-state index is 12.8. The molecule has 2 aromatic carbocycles. The van der Waals surface area contributed by atoms with Gasteiger partial charge in [0.25, 0.3) is 0 Å². The molecule has 0 radical (unpaired) electrons. The molecule has 1 saturated heterocycles. The number of sulfonamides is 1. The van der Waals surface area contributed by atoms with Gasteiger partial charge in [0.2, 0.25) is 10.0 Å². The number of piperidine rings is 1. The molecule has 0 aliphatic carbocycles. The molecule has 1 aliphatic rings. The maximum Gasteiger partial charge on any atom is 0.243 e. The molecular formula is C19H20BrNO2S. The fourth-order valence-electron chi connectivity index (χ4n) is 3.05. The van der Waals surface area contributed by atoms with Gasteiger partial charge in [-0.2, -0.15) is 4.31 Å². The highest BCUT2D eigenvalue weighted by atomic mass is 79.9. The fourth-order valence-corrected chi connectivity index (χ4v) is 4.78. The van der Waals surface area contributed by atoms with E-state index in [9.17, 15) is 8.42 Å². The van der Waals surface area contributed by atoms with Crippen LogP contribution >= 0.6 is 15.9 Å². The van der Waals surface area contributed by atoms with Gasteiger partial charge in [-0.05, 0) is 43.2 Å². The zero-order valence-corrected chi connectivity index (χ0v) is 16.0. The number of rotatable bonds is 3. The van der Waals surface area contributed by atoms with Crippen LogP contribution in [0.5, 0.6) is 0 Å². The molecule has 3 rings (SSSR count). The SMILES string of the molecule is C=C1CN(S(=O)(=O)c2ccc(C)cc2)CC[C@@H]1c1ccc(Br)cc1. The Morgan fingerprint density at radius 2 is 1.71 bits per heavy atom. The minimum absolute atomic E-state index is 0.211. The lowest BCUT2D eigenvalue weighted by Crippen LogP contribution is -2.39. The second kappa shape index (κ2) is 6.82. The first kappa shape index (κ1) is 17.4. The Kier molecular flexibility index (Phi) is 4.95. The number of halogens is 1. The standard InChI is InChI=1S/C19H20BrNO2S/c1-14-3-9-18(10-4-14)24(22,23)21-12-11-19(15(2)13-21)16-5-7-17(20)8-6-16/h3-10,19H,2,11-13H2,1H3/t19-/m0/s1. The molecule has 24 heavy (non-hydrogen) atoms. The molecule has 0 N–H and O–H groups in total. The number of hydrogen-bond acceptors (Lipinski definition) is 2. The van der Waals surface area contributed by atoms with E-state index < -0.39 is 10.0 Å². The lowest BCUT2D eigenvalue weighted by molar-refractivity contribution is 0.376. The van der Waals surface area contributed by atoms with Gasteiger partial charge in [0, 0.05) is 23.5 Å². The van der Waals surface area contributed by atoms with Gasteiger partial charge in [-0.15, -0.1) is 0 Å². The predicted molar refractivity (Wildman–Crippen MR) is 101 cm³/mol. The molecule has 0 unspecified atom stereocenters. The van der Waals surface area contributed by atoms with E-state index in [1.807, 2.05) is 31.2 Å². The Morgan fingerprint density at radius 3 is 2.29 bits per heavy atom. The van der Waals surface area contributed by atoms with Crippen LogP contribution in [0.4, 0.5) is 0 Å². The third-order valence-electron chi connectivity index (χ3n) is 4.47. The van der Waals surface area contributed by atoms with Gasteiger partial charge < -0.3 is 0 Å². The maximum absolute atomic E-state index is 12.8. The summed E-state index contributed by atoms with van der Waals surface area (Å²) in [5, 5.41) is 0. The highest BCUT2D eigenvalue weighted by Crippen LogP contribution is 2.34. The zero-order chi connectivity index (χ0) is 17.3. The molecule has 2 aromatic rings. The summed E-state index contributed by atoms with van der Waals surface area (Å²) in [5.41, 5.74) is 3.18. The fraction of sp³-hybridized carbons (Fsp3) is 0.263. The van der Waals surface area contributed by atoms with Crippen molar-refractivity contribution in [3.05, 3.63) is 76.3 Å². The van der Waals surface area contributed by atoms with Gasteiger partial charge in [0.15, 0.2) is 0 Å². The predicted octanol–water partition coefficient (Wildman–Crippen LogP) is 4.49. The summed E-state index contributed by atoms with van der Waals surface area (Å²) in [4.78, 5) is 0.350. The number of benzene rings is 2. The Balaban J connectivity index is 1.78. The van der Waals surface area contributed by atoms with E-state index in [1.165, 1.54) is 9.87 Å². The van der Waals surface area contributed by atoms with Gasteiger partial charge in [0.1, 0.15) is 0 Å². The summed E-state index contributed by atoms with van der Waals surface area (Å²) >= 11 is 3.44. The van der Waals surface area contributed by atoms with Crippen molar-refractivity contribution in [1.82, 2.24) is 4.31 Å². The van der Waals surface area contributed by atoms with Gasteiger partial charge in [-0.1, -0.05) is 57.9 Å². The average molecular weight is 406 g/mol. The molecule has 0 amide bonds. The summed E-state index contributed by atoms with van der Waals surface area (Å²) in [7, 11) is -3.46. The molecule has 0 bridgehead atoms. The minimum atomic E-state index is -3.46. The average Bonchev–Trinajstić information content (AvgIpc) is 2.56. The van der Waals surface area contributed by atoms with Crippen LogP contribution < -0.4 is 0 Å². The summed E-state index contributed by atoms with van der Waals surface area (Å²) in [5.74, 6) is 0.211. The zero-order valence-electron chi connectivity index (χ0n) is 13.6. The van der Waals surface area contributed by atoms with Crippen LogP contribution in [-0.4, -0.2) is 25.8 Å². The van der Waals surface area contributed by atoms with Gasteiger partial charge in [0.05, 0.1) is 4.90 Å². The highest BCUT2D eigenvalue weighted by Gasteiger charge is 2.31. The molecule has 126 valence electrons. The Hall–Kier alpha value is -1.43. The quantitative estimate of drug-likeness (QED) is 0.705. The van der Waals surface area contributed by atoms with Crippen molar-refractivity contribution in [3.8, 4) is 0 Å². The lowest BCUT2D eigenvalue weighted by Gasteiger charge is -2.33. The first-order valence-electron chi connectivity index (χ1n) is 7.88. The van der Waals surface area contributed by atoms with Crippen molar-refractivity contribution in [2.75, 3.05) is 13.1 Å². The van der Waals surface area contributed by atoms with Crippen molar-refractivity contribution in [1.29, 1.82) is 0 Å². The van der Waals surface area contributed by atoms with Crippen LogP contribution in [0.1, 0.15) is 23.5 Å². The van der Waals surface area contributed by atoms with Crippen molar-refractivity contribution in [3.63, 3.8) is 0 Å². The Bertz CT molecular complexity index is 842. The third-order valence-corrected chi connectivity index (χ3v) is 6.86. The van der Waals surface area contributed by atoms with Crippen LogP contribution in [0, 0.1) is 6.92 Å². The van der Waals surface area contributed by atoms with Crippen molar-refractivity contribution in [2.45, 2.75) is 24.2 Å². The molecule has 0 saturated carbocycles. The first-order valence-corrected chi connectivity index (χ1v) is 10.1. The molecule has 0 spiro atoms. The van der Waals surface area contributed by atoms with E-state index >= 15 is 0 Å². The third kappa shape index (κ3) is 3.48.